The minimum atomic E-state index is 0.844. The number of pyridine rings is 1. The molecule has 0 bridgehead atoms. The molecule has 2 N–H and O–H groups in total. The Labute approximate surface area is 126 Å². The van der Waals surface area contributed by atoms with Gasteiger partial charge in [0.1, 0.15) is 0 Å². The summed E-state index contributed by atoms with van der Waals surface area (Å²) in [5.41, 5.74) is 10.4. The van der Waals surface area contributed by atoms with E-state index in [4.69, 9.17) is 10.7 Å². The van der Waals surface area contributed by atoms with E-state index in [1.54, 1.807) is 0 Å². The number of nitrogens with two attached hydrogens (primary N) is 1. The molecule has 108 valence electrons. The largest absolute Gasteiger partial charge is 0.398 e. The fourth-order valence-electron chi connectivity index (χ4n) is 2.87. The number of para-hydroxylation sites is 1. The van der Waals surface area contributed by atoms with Crippen molar-refractivity contribution in [2.75, 3.05) is 5.73 Å². The van der Waals surface area contributed by atoms with E-state index in [9.17, 15) is 0 Å². The highest BCUT2D eigenvalue weighted by molar-refractivity contribution is 5.99. The van der Waals surface area contributed by atoms with Crippen LogP contribution in [0.25, 0.3) is 21.8 Å². The van der Waals surface area contributed by atoms with Crippen LogP contribution in [-0.4, -0.2) is 4.98 Å². The average Bonchev–Trinajstić information content (AvgIpc) is 2.50. The molecule has 2 nitrogen and oxygen atoms in total. The highest BCUT2D eigenvalue weighted by atomic mass is 14.7. The van der Waals surface area contributed by atoms with Crippen LogP contribution in [0.1, 0.15) is 38.2 Å². The fourth-order valence-corrected chi connectivity index (χ4v) is 2.87. The minimum absolute atomic E-state index is 0.844. The molecule has 0 fully saturated rings. The third-order valence-corrected chi connectivity index (χ3v) is 4.05. The van der Waals surface area contributed by atoms with Crippen molar-refractivity contribution in [3.8, 4) is 0 Å². The Bertz CT molecular complexity index is 762. The van der Waals surface area contributed by atoms with E-state index in [1.807, 2.05) is 12.1 Å². The number of anilines is 1. The molecule has 0 aliphatic rings. The van der Waals surface area contributed by atoms with E-state index in [0.717, 1.165) is 33.9 Å². The number of fused-ring (bicyclic) bond motifs is 2. The maximum absolute atomic E-state index is 6.24. The first kappa shape index (κ1) is 13.9. The first-order chi connectivity index (χ1) is 10.3. The zero-order valence-electron chi connectivity index (χ0n) is 12.6. The van der Waals surface area contributed by atoms with Crippen LogP contribution in [0.5, 0.6) is 0 Å². The van der Waals surface area contributed by atoms with Crippen molar-refractivity contribution in [3.05, 3.63) is 48.0 Å². The van der Waals surface area contributed by atoms with Gasteiger partial charge in [-0.15, -0.1) is 0 Å². The molecule has 0 aliphatic heterocycles. The van der Waals surface area contributed by atoms with Gasteiger partial charge in [0.15, 0.2) is 0 Å². The second-order valence-corrected chi connectivity index (χ2v) is 5.74. The number of benzene rings is 2. The van der Waals surface area contributed by atoms with Crippen LogP contribution in [0, 0.1) is 0 Å². The quantitative estimate of drug-likeness (QED) is 0.401. The van der Waals surface area contributed by atoms with Crippen molar-refractivity contribution < 1.29 is 0 Å². The van der Waals surface area contributed by atoms with Gasteiger partial charge in [-0.05, 0) is 42.7 Å². The Morgan fingerprint density at radius 1 is 0.952 bits per heavy atom. The standard InChI is InChI=1S/C19H22N2/c1-2-3-4-5-8-14-11-17(20)16-13-15-9-6-7-10-18(15)21-19(16)12-14/h6-7,9-13H,2-5,8,20H2,1H3. The molecule has 1 heterocycles. The van der Waals surface area contributed by atoms with Crippen LogP contribution >= 0.6 is 0 Å². The summed E-state index contributed by atoms with van der Waals surface area (Å²) >= 11 is 0. The van der Waals surface area contributed by atoms with E-state index >= 15 is 0 Å². The lowest BCUT2D eigenvalue weighted by molar-refractivity contribution is 0.667. The molecule has 0 saturated heterocycles. The van der Waals surface area contributed by atoms with Crippen LogP contribution in [-0.2, 0) is 6.42 Å². The molecular weight excluding hydrogens is 256 g/mol. The predicted octanol–water partition coefficient (Wildman–Crippen LogP) is 5.09. The predicted molar refractivity (Wildman–Crippen MR) is 91.5 cm³/mol. The van der Waals surface area contributed by atoms with Crippen molar-refractivity contribution in [3.63, 3.8) is 0 Å². The van der Waals surface area contributed by atoms with E-state index in [-0.39, 0.29) is 0 Å². The minimum Gasteiger partial charge on any atom is -0.398 e. The molecule has 2 heteroatoms. The SMILES string of the molecule is CCCCCCc1cc(N)c2cc3ccccc3nc2c1. The van der Waals surface area contributed by atoms with E-state index in [2.05, 4.69) is 37.3 Å². The van der Waals surface area contributed by atoms with Gasteiger partial charge in [-0.2, -0.15) is 0 Å². The third kappa shape index (κ3) is 2.99. The van der Waals surface area contributed by atoms with Gasteiger partial charge in [0.05, 0.1) is 11.0 Å². The summed E-state index contributed by atoms with van der Waals surface area (Å²) in [6, 6.07) is 14.7. The zero-order chi connectivity index (χ0) is 14.7. The normalized spacial score (nSPS) is 11.3. The number of nitrogen functional groups attached to an aromatic ring is 1. The van der Waals surface area contributed by atoms with Gasteiger partial charge in [0.25, 0.3) is 0 Å². The molecule has 3 rings (SSSR count). The monoisotopic (exact) mass is 278 g/mol. The van der Waals surface area contributed by atoms with Crippen LogP contribution in [0.2, 0.25) is 0 Å². The summed E-state index contributed by atoms with van der Waals surface area (Å²) in [7, 11) is 0. The summed E-state index contributed by atoms with van der Waals surface area (Å²) in [5, 5.41) is 2.21. The Hall–Kier alpha value is -2.09. The molecular formula is C19H22N2. The molecule has 2 aromatic carbocycles. The molecule has 0 saturated carbocycles. The van der Waals surface area contributed by atoms with E-state index in [1.165, 1.54) is 31.2 Å². The Kier molecular flexibility index (Phi) is 4.05. The topological polar surface area (TPSA) is 38.9 Å². The van der Waals surface area contributed by atoms with Crippen molar-refractivity contribution in [1.82, 2.24) is 4.98 Å². The lowest BCUT2D eigenvalue weighted by Crippen LogP contribution is -1.94. The second kappa shape index (κ2) is 6.13. The highest BCUT2D eigenvalue weighted by Gasteiger charge is 2.05. The summed E-state index contributed by atoms with van der Waals surface area (Å²) in [4.78, 5) is 4.76. The van der Waals surface area contributed by atoms with Crippen LogP contribution in [0.3, 0.4) is 0 Å². The van der Waals surface area contributed by atoms with Crippen LogP contribution in [0.15, 0.2) is 42.5 Å². The van der Waals surface area contributed by atoms with Crippen LogP contribution < -0.4 is 5.73 Å². The maximum Gasteiger partial charge on any atom is 0.0733 e. The van der Waals surface area contributed by atoms with Crippen molar-refractivity contribution in [2.24, 2.45) is 0 Å². The number of hydrogen-bond donors (Lipinski definition) is 1. The van der Waals surface area contributed by atoms with Crippen molar-refractivity contribution in [1.29, 1.82) is 0 Å². The van der Waals surface area contributed by atoms with Crippen LogP contribution in [0.4, 0.5) is 5.69 Å². The van der Waals surface area contributed by atoms with Gasteiger partial charge in [-0.1, -0.05) is 44.4 Å². The Morgan fingerprint density at radius 2 is 1.81 bits per heavy atom. The molecule has 0 amide bonds. The first-order valence-corrected chi connectivity index (χ1v) is 7.86. The molecule has 1 aromatic heterocycles. The van der Waals surface area contributed by atoms with Gasteiger partial charge in [-0.25, -0.2) is 4.98 Å². The third-order valence-electron chi connectivity index (χ3n) is 4.05. The first-order valence-electron chi connectivity index (χ1n) is 7.86. The van der Waals surface area contributed by atoms with Gasteiger partial charge in [0, 0.05) is 16.5 Å². The highest BCUT2D eigenvalue weighted by Crippen LogP contribution is 2.26. The number of aromatic nitrogens is 1. The fraction of sp³-hybridized carbons (Fsp3) is 0.316. The van der Waals surface area contributed by atoms with Gasteiger partial charge in [-0.3, -0.25) is 0 Å². The molecule has 0 unspecified atom stereocenters. The zero-order valence-corrected chi connectivity index (χ0v) is 12.6. The van der Waals surface area contributed by atoms with Crippen molar-refractivity contribution >= 4 is 27.5 Å². The maximum atomic E-state index is 6.24. The molecule has 3 aromatic rings. The number of rotatable bonds is 5. The van der Waals surface area contributed by atoms with E-state index < -0.39 is 0 Å². The summed E-state index contributed by atoms with van der Waals surface area (Å²) in [5.74, 6) is 0. The molecule has 21 heavy (non-hydrogen) atoms. The molecule has 0 aliphatic carbocycles. The Balaban J connectivity index is 1.96. The van der Waals surface area contributed by atoms with Gasteiger partial charge < -0.3 is 5.73 Å². The number of hydrogen-bond acceptors (Lipinski definition) is 2. The Morgan fingerprint density at radius 3 is 2.67 bits per heavy atom. The molecule has 0 radical (unpaired) electrons. The lowest BCUT2D eigenvalue weighted by Gasteiger charge is -2.08. The van der Waals surface area contributed by atoms with Crippen molar-refractivity contribution in [2.45, 2.75) is 39.0 Å². The smallest absolute Gasteiger partial charge is 0.0733 e. The molecule has 0 atom stereocenters. The van der Waals surface area contributed by atoms with E-state index in [0.29, 0.717) is 0 Å². The second-order valence-electron chi connectivity index (χ2n) is 5.74. The summed E-state index contributed by atoms with van der Waals surface area (Å²) in [6.45, 7) is 2.24. The molecule has 0 spiro atoms. The number of unbranched alkanes of at least 4 members (excludes halogenated alkanes) is 3. The van der Waals surface area contributed by atoms with Gasteiger partial charge in [0.2, 0.25) is 0 Å². The summed E-state index contributed by atoms with van der Waals surface area (Å²) in [6.07, 6.45) is 6.19. The number of aryl methyl sites for hydroxylation is 1. The lowest BCUT2D eigenvalue weighted by atomic mass is 10.0. The summed E-state index contributed by atoms with van der Waals surface area (Å²) < 4.78 is 0. The number of nitrogens with zero attached hydrogens (tertiary/aromatic N) is 1. The average molecular weight is 278 g/mol. The van der Waals surface area contributed by atoms with Gasteiger partial charge >= 0.3 is 0 Å².